The zero-order chi connectivity index (χ0) is 41.4. The fraction of sp³-hybridized carbons (Fsp3) is 0.841. The number of phosphoric ester groups is 1. The zero-order valence-corrected chi connectivity index (χ0v) is 36.4. The first-order chi connectivity index (χ1) is 27.1. The molecule has 3 atom stereocenters. The van der Waals surface area contributed by atoms with Crippen LogP contribution in [0.3, 0.4) is 0 Å². The van der Waals surface area contributed by atoms with Crippen molar-refractivity contribution in [2.75, 3.05) is 19.8 Å². The lowest BCUT2D eigenvalue weighted by molar-refractivity contribution is -0.161. The lowest BCUT2D eigenvalue weighted by Gasteiger charge is -2.20. The van der Waals surface area contributed by atoms with Gasteiger partial charge in [-0.05, 0) is 44.9 Å². The molecule has 0 aromatic carbocycles. The van der Waals surface area contributed by atoms with Crippen molar-refractivity contribution >= 4 is 25.7 Å². The molecule has 4 N–H and O–H groups in total. The lowest BCUT2D eigenvalue weighted by atomic mass is 10.0. The molecule has 0 heterocycles. The molecule has 0 aliphatic carbocycles. The van der Waals surface area contributed by atoms with Crippen LogP contribution in [0.4, 0.5) is 0 Å². The van der Waals surface area contributed by atoms with E-state index in [1.54, 1.807) is 0 Å². The number of carbonyl (C=O) groups is 3. The number of rotatable bonds is 42. The summed E-state index contributed by atoms with van der Waals surface area (Å²) in [5.74, 6) is -2.38. The van der Waals surface area contributed by atoms with Crippen LogP contribution < -0.4 is 5.73 Å². The Morgan fingerprint density at radius 3 is 1.41 bits per heavy atom. The average molecular weight is 816 g/mol. The van der Waals surface area contributed by atoms with Gasteiger partial charge in [-0.15, -0.1) is 0 Å². The molecule has 11 nitrogen and oxygen atoms in total. The van der Waals surface area contributed by atoms with E-state index in [0.717, 1.165) is 57.8 Å². The normalized spacial score (nSPS) is 13.9. The van der Waals surface area contributed by atoms with Gasteiger partial charge in [-0.25, -0.2) is 4.57 Å². The van der Waals surface area contributed by atoms with E-state index >= 15 is 0 Å². The van der Waals surface area contributed by atoms with Crippen LogP contribution in [0.15, 0.2) is 24.3 Å². The Hall–Kier alpha value is -2.04. The van der Waals surface area contributed by atoms with E-state index in [2.05, 4.69) is 42.7 Å². The minimum absolute atomic E-state index is 0.155. The maximum Gasteiger partial charge on any atom is 0.472 e. The molecule has 0 aromatic heterocycles. The standard InChI is InChI=1S/C44H82NO10P/c1-3-5-7-9-11-13-15-17-19-20-21-22-24-26-28-30-32-34-36-43(47)55-40(38-53-56(50,51)54-39-41(45)44(48)49)37-52-42(46)35-33-31-29-27-25-23-18-16-14-12-10-8-6-4-2/h13,15,19-20,40-41H,3-12,14,16-18,21-39,45H2,1-2H3,(H,48,49)(H,50,51)/b15-13-,20-19-. The Bertz CT molecular complexity index is 1050. The van der Waals surface area contributed by atoms with Crippen molar-refractivity contribution in [2.24, 2.45) is 5.73 Å². The lowest BCUT2D eigenvalue weighted by Crippen LogP contribution is -2.34. The zero-order valence-electron chi connectivity index (χ0n) is 35.5. The highest BCUT2D eigenvalue weighted by Crippen LogP contribution is 2.43. The Kier molecular flexibility index (Phi) is 38.3. The summed E-state index contributed by atoms with van der Waals surface area (Å²) >= 11 is 0. The summed E-state index contributed by atoms with van der Waals surface area (Å²) < 4.78 is 32.7. The molecular formula is C44H82NO10P. The Labute approximate surface area is 340 Å². The number of aliphatic carboxylic acids is 1. The van der Waals surface area contributed by atoms with Crippen LogP contribution in [0.2, 0.25) is 0 Å². The summed E-state index contributed by atoms with van der Waals surface area (Å²) in [6, 6.07) is -1.52. The van der Waals surface area contributed by atoms with Gasteiger partial charge in [0.15, 0.2) is 6.10 Å². The second kappa shape index (κ2) is 39.8. The third-order valence-corrected chi connectivity index (χ3v) is 10.7. The first-order valence-electron chi connectivity index (χ1n) is 22.4. The van der Waals surface area contributed by atoms with E-state index in [1.807, 2.05) is 0 Å². The molecule has 0 saturated heterocycles. The molecule has 56 heavy (non-hydrogen) atoms. The maximum atomic E-state index is 12.6. The summed E-state index contributed by atoms with van der Waals surface area (Å²) in [4.78, 5) is 46.0. The van der Waals surface area contributed by atoms with E-state index in [9.17, 15) is 23.8 Å². The van der Waals surface area contributed by atoms with Crippen molar-refractivity contribution in [3.8, 4) is 0 Å². The van der Waals surface area contributed by atoms with Crippen LogP contribution in [0.1, 0.15) is 206 Å². The predicted molar refractivity (Wildman–Crippen MR) is 226 cm³/mol. The van der Waals surface area contributed by atoms with Gasteiger partial charge in [-0.3, -0.25) is 23.4 Å². The fourth-order valence-electron chi connectivity index (χ4n) is 6.15. The number of carboxylic acid groups (broad SMARTS) is 1. The Morgan fingerprint density at radius 2 is 0.946 bits per heavy atom. The van der Waals surface area contributed by atoms with E-state index in [0.29, 0.717) is 12.8 Å². The molecule has 328 valence electrons. The molecule has 12 heteroatoms. The summed E-state index contributed by atoms with van der Waals surface area (Å²) in [7, 11) is -4.71. The van der Waals surface area contributed by atoms with Gasteiger partial charge in [0.05, 0.1) is 13.2 Å². The number of esters is 2. The summed E-state index contributed by atoms with van der Waals surface area (Å²) in [5.41, 5.74) is 5.33. The van der Waals surface area contributed by atoms with Gasteiger partial charge >= 0.3 is 25.7 Å². The van der Waals surface area contributed by atoms with Crippen LogP contribution in [-0.4, -0.2) is 59.9 Å². The van der Waals surface area contributed by atoms with E-state index in [1.165, 1.54) is 109 Å². The predicted octanol–water partition coefficient (Wildman–Crippen LogP) is 11.8. The van der Waals surface area contributed by atoms with Crippen molar-refractivity contribution in [3.63, 3.8) is 0 Å². The van der Waals surface area contributed by atoms with E-state index < -0.39 is 51.1 Å². The van der Waals surface area contributed by atoms with Gasteiger partial charge in [0.2, 0.25) is 0 Å². The molecule has 0 saturated carbocycles. The topological polar surface area (TPSA) is 172 Å². The van der Waals surface area contributed by atoms with Crippen molar-refractivity contribution in [1.29, 1.82) is 0 Å². The van der Waals surface area contributed by atoms with Gasteiger partial charge in [-0.1, -0.05) is 173 Å². The summed E-state index contributed by atoms with van der Waals surface area (Å²) in [6.07, 6.45) is 40.9. The fourth-order valence-corrected chi connectivity index (χ4v) is 6.93. The smallest absolute Gasteiger partial charge is 0.472 e. The average Bonchev–Trinajstić information content (AvgIpc) is 3.17. The number of carboxylic acids is 1. The van der Waals surface area contributed by atoms with Crippen molar-refractivity contribution < 1.29 is 47.5 Å². The molecule has 0 radical (unpaired) electrons. The third kappa shape index (κ3) is 38.8. The van der Waals surface area contributed by atoms with Crippen molar-refractivity contribution in [2.45, 2.75) is 219 Å². The molecule has 3 unspecified atom stereocenters. The van der Waals surface area contributed by atoms with Crippen LogP contribution in [-0.2, 0) is 37.5 Å². The highest BCUT2D eigenvalue weighted by atomic mass is 31.2. The monoisotopic (exact) mass is 816 g/mol. The van der Waals surface area contributed by atoms with Crippen molar-refractivity contribution in [1.82, 2.24) is 0 Å². The highest BCUT2D eigenvalue weighted by Gasteiger charge is 2.28. The highest BCUT2D eigenvalue weighted by molar-refractivity contribution is 7.47. The number of phosphoric acid groups is 1. The number of nitrogens with two attached hydrogens (primary N) is 1. The summed E-state index contributed by atoms with van der Waals surface area (Å²) in [5, 5.41) is 8.89. The second-order valence-corrected chi connectivity index (χ2v) is 16.6. The number of hydrogen-bond acceptors (Lipinski definition) is 9. The van der Waals surface area contributed by atoms with Crippen LogP contribution in [0.5, 0.6) is 0 Å². The quantitative estimate of drug-likeness (QED) is 0.0232. The Balaban J connectivity index is 4.34. The SMILES string of the molecule is CCCCCC/C=C\C/C=C\CCCCCCCCCC(=O)OC(COC(=O)CCCCCCCCCCCCCCCC)COP(=O)(O)OCC(N)C(=O)O. The van der Waals surface area contributed by atoms with Crippen LogP contribution in [0.25, 0.3) is 0 Å². The maximum absolute atomic E-state index is 12.6. The van der Waals surface area contributed by atoms with Gasteiger partial charge in [0.1, 0.15) is 12.6 Å². The van der Waals surface area contributed by atoms with E-state index in [-0.39, 0.29) is 19.4 Å². The number of ether oxygens (including phenoxy) is 2. The van der Waals surface area contributed by atoms with Gasteiger partial charge in [0.25, 0.3) is 0 Å². The largest absolute Gasteiger partial charge is 0.480 e. The molecule has 0 amide bonds. The first-order valence-corrected chi connectivity index (χ1v) is 23.9. The molecule has 0 bridgehead atoms. The molecule has 0 aliphatic heterocycles. The molecule has 0 aliphatic rings. The summed E-state index contributed by atoms with van der Waals surface area (Å²) in [6.45, 7) is 2.79. The molecular weight excluding hydrogens is 733 g/mol. The van der Waals surface area contributed by atoms with Crippen LogP contribution >= 0.6 is 7.82 Å². The van der Waals surface area contributed by atoms with E-state index in [4.69, 9.17) is 24.8 Å². The number of allylic oxidation sites excluding steroid dienone is 4. The molecule has 0 fully saturated rings. The van der Waals surface area contributed by atoms with Gasteiger partial charge in [-0.2, -0.15) is 0 Å². The van der Waals surface area contributed by atoms with Gasteiger partial charge < -0.3 is 25.2 Å². The molecule has 0 rings (SSSR count). The minimum atomic E-state index is -4.71. The molecule has 0 aromatic rings. The Morgan fingerprint density at radius 1 is 0.554 bits per heavy atom. The number of unbranched alkanes of at least 4 members (excludes halogenated alkanes) is 24. The van der Waals surface area contributed by atoms with Crippen LogP contribution in [0, 0.1) is 0 Å². The third-order valence-electron chi connectivity index (χ3n) is 9.70. The van der Waals surface area contributed by atoms with Gasteiger partial charge in [0, 0.05) is 12.8 Å². The first kappa shape index (κ1) is 54.0. The minimum Gasteiger partial charge on any atom is -0.480 e. The number of carbonyl (C=O) groups excluding carboxylic acids is 2. The number of hydrogen-bond donors (Lipinski definition) is 3. The van der Waals surface area contributed by atoms with Crippen molar-refractivity contribution in [3.05, 3.63) is 24.3 Å². The second-order valence-electron chi connectivity index (χ2n) is 15.2. The molecule has 0 spiro atoms.